The van der Waals surface area contributed by atoms with Crippen molar-refractivity contribution in [1.82, 2.24) is 9.62 Å². The summed E-state index contributed by atoms with van der Waals surface area (Å²) in [5, 5.41) is 0. The predicted octanol–water partition coefficient (Wildman–Crippen LogP) is -0.274. The van der Waals surface area contributed by atoms with Gasteiger partial charge in [0.05, 0.1) is 12.8 Å². The third-order valence-corrected chi connectivity index (χ3v) is 4.53. The number of benzene rings is 1. The summed E-state index contributed by atoms with van der Waals surface area (Å²) in [6.45, 7) is 0.998. The molecule has 23 heavy (non-hydrogen) atoms. The van der Waals surface area contributed by atoms with Crippen molar-refractivity contribution in [1.29, 1.82) is 0 Å². The molecule has 1 aromatic rings. The summed E-state index contributed by atoms with van der Waals surface area (Å²) in [6, 6.07) is 7.18. The Balaban J connectivity index is 1.89. The molecule has 8 heteroatoms. The van der Waals surface area contributed by atoms with Crippen LogP contribution < -0.4 is 10.5 Å². The molecule has 0 aromatic heterocycles. The van der Waals surface area contributed by atoms with Crippen molar-refractivity contribution < 1.29 is 18.0 Å². The van der Waals surface area contributed by atoms with Gasteiger partial charge in [0, 0.05) is 18.7 Å². The number of carbonyl (C=O) groups excluding carboxylic acids is 2. The van der Waals surface area contributed by atoms with E-state index in [1.807, 2.05) is 6.07 Å². The molecule has 0 aliphatic carbocycles. The van der Waals surface area contributed by atoms with E-state index in [2.05, 4.69) is 4.72 Å². The van der Waals surface area contributed by atoms with Crippen LogP contribution >= 0.6 is 0 Å². The normalized spacial score (nSPS) is 18.1. The molecule has 2 rings (SSSR count). The van der Waals surface area contributed by atoms with Crippen LogP contribution in [0.15, 0.2) is 24.3 Å². The van der Waals surface area contributed by atoms with Crippen LogP contribution in [0.3, 0.4) is 0 Å². The fraction of sp³-hybridized carbons (Fsp3) is 0.467. The molecular weight excluding hydrogens is 318 g/mol. The van der Waals surface area contributed by atoms with E-state index in [1.165, 1.54) is 0 Å². The molecule has 1 saturated heterocycles. The van der Waals surface area contributed by atoms with E-state index in [0.29, 0.717) is 24.6 Å². The summed E-state index contributed by atoms with van der Waals surface area (Å²) in [5.74, 6) is -0.383. The first-order valence-electron chi connectivity index (χ1n) is 7.36. The third-order valence-electron chi connectivity index (χ3n) is 3.86. The minimum absolute atomic E-state index is 0.206. The minimum atomic E-state index is -3.37. The third kappa shape index (κ3) is 5.33. The van der Waals surface area contributed by atoms with Crippen LogP contribution in [-0.2, 0) is 21.2 Å². The molecule has 1 fully saturated rings. The van der Waals surface area contributed by atoms with Gasteiger partial charge in [-0.3, -0.25) is 9.59 Å². The zero-order valence-electron chi connectivity index (χ0n) is 13.0. The molecule has 7 nitrogen and oxygen atoms in total. The number of hydrogen-bond acceptors (Lipinski definition) is 4. The molecule has 1 atom stereocenters. The van der Waals surface area contributed by atoms with Crippen molar-refractivity contribution in [2.45, 2.75) is 12.8 Å². The standard InChI is InChI=1S/C15H21N3O4S/c1-23(21,22)17-9-14(19)18-6-5-12(10-18)7-11-3-2-4-13(8-11)15(16)20/h2-4,8,12,17H,5-7,9-10H2,1H3,(H2,16,20)/t12-/m0/s1. The molecule has 0 radical (unpaired) electrons. The maximum Gasteiger partial charge on any atom is 0.248 e. The Hall–Kier alpha value is -1.93. The van der Waals surface area contributed by atoms with Crippen molar-refractivity contribution in [2.75, 3.05) is 25.9 Å². The Morgan fingerprint density at radius 3 is 2.78 bits per heavy atom. The van der Waals surface area contributed by atoms with Crippen LogP contribution in [-0.4, -0.2) is 51.0 Å². The molecule has 0 unspecified atom stereocenters. The van der Waals surface area contributed by atoms with E-state index >= 15 is 0 Å². The van der Waals surface area contributed by atoms with Gasteiger partial charge in [0.1, 0.15) is 0 Å². The smallest absolute Gasteiger partial charge is 0.248 e. The van der Waals surface area contributed by atoms with Crippen molar-refractivity contribution >= 4 is 21.8 Å². The zero-order valence-corrected chi connectivity index (χ0v) is 13.8. The van der Waals surface area contributed by atoms with E-state index in [9.17, 15) is 18.0 Å². The molecule has 0 spiro atoms. The van der Waals surface area contributed by atoms with Crippen molar-refractivity contribution in [3.05, 3.63) is 35.4 Å². The molecule has 0 bridgehead atoms. The van der Waals surface area contributed by atoms with Gasteiger partial charge in [0.15, 0.2) is 0 Å². The van der Waals surface area contributed by atoms with Gasteiger partial charge in [-0.25, -0.2) is 13.1 Å². The number of nitrogens with zero attached hydrogens (tertiary/aromatic N) is 1. The average molecular weight is 339 g/mol. The van der Waals surface area contributed by atoms with E-state index in [0.717, 1.165) is 24.7 Å². The summed E-state index contributed by atoms with van der Waals surface area (Å²) in [7, 11) is -3.37. The van der Waals surface area contributed by atoms with Crippen LogP contribution in [0.4, 0.5) is 0 Å². The second-order valence-corrected chi connectivity index (χ2v) is 7.69. The summed E-state index contributed by atoms with van der Waals surface area (Å²) in [5.41, 5.74) is 6.76. The van der Waals surface area contributed by atoms with Gasteiger partial charge in [-0.2, -0.15) is 0 Å². The van der Waals surface area contributed by atoms with Crippen LogP contribution in [0.2, 0.25) is 0 Å². The van der Waals surface area contributed by atoms with Crippen molar-refractivity contribution in [3.63, 3.8) is 0 Å². The van der Waals surface area contributed by atoms with E-state index < -0.39 is 15.9 Å². The average Bonchev–Trinajstić information content (AvgIpc) is 2.93. The molecule has 2 amide bonds. The fourth-order valence-corrected chi connectivity index (χ4v) is 3.10. The maximum absolute atomic E-state index is 12.0. The van der Waals surface area contributed by atoms with Gasteiger partial charge >= 0.3 is 0 Å². The number of sulfonamides is 1. The fourth-order valence-electron chi connectivity index (χ4n) is 2.72. The Kier molecular flexibility index (Phi) is 5.38. The van der Waals surface area contributed by atoms with Crippen LogP contribution in [0, 0.1) is 5.92 Å². The molecule has 3 N–H and O–H groups in total. The Bertz CT molecular complexity index is 702. The number of carbonyl (C=O) groups is 2. The largest absolute Gasteiger partial charge is 0.366 e. The van der Waals surface area contributed by atoms with E-state index in [-0.39, 0.29) is 12.5 Å². The lowest BCUT2D eigenvalue weighted by Gasteiger charge is -2.16. The second kappa shape index (κ2) is 7.10. The zero-order chi connectivity index (χ0) is 17.0. The SMILES string of the molecule is CS(=O)(=O)NCC(=O)N1CC[C@@H](Cc2cccc(C(N)=O)c2)C1. The Morgan fingerprint density at radius 2 is 2.13 bits per heavy atom. The number of likely N-dealkylation sites (tertiary alicyclic amines) is 1. The molecular formula is C15H21N3O4S. The number of primary amides is 1. The number of amides is 2. The quantitative estimate of drug-likeness (QED) is 0.743. The second-order valence-electron chi connectivity index (χ2n) is 5.86. The number of nitrogens with two attached hydrogens (primary N) is 1. The molecule has 0 saturated carbocycles. The summed E-state index contributed by atoms with van der Waals surface area (Å²) < 4.78 is 24.3. The topological polar surface area (TPSA) is 110 Å². The molecule has 1 aliphatic heterocycles. The van der Waals surface area contributed by atoms with Gasteiger partial charge in [-0.05, 0) is 36.5 Å². The molecule has 1 aliphatic rings. The van der Waals surface area contributed by atoms with Crippen molar-refractivity contribution in [3.8, 4) is 0 Å². The van der Waals surface area contributed by atoms with Gasteiger partial charge in [-0.1, -0.05) is 12.1 Å². The summed E-state index contributed by atoms with van der Waals surface area (Å²) in [4.78, 5) is 24.8. The van der Waals surface area contributed by atoms with E-state index in [4.69, 9.17) is 5.73 Å². The number of nitrogens with one attached hydrogen (secondary N) is 1. The first kappa shape index (κ1) is 17.4. The maximum atomic E-state index is 12.0. The minimum Gasteiger partial charge on any atom is -0.366 e. The van der Waals surface area contributed by atoms with Gasteiger partial charge in [0.25, 0.3) is 0 Å². The van der Waals surface area contributed by atoms with Gasteiger partial charge in [0.2, 0.25) is 21.8 Å². The summed E-state index contributed by atoms with van der Waals surface area (Å²) in [6.07, 6.45) is 2.63. The number of hydrogen-bond donors (Lipinski definition) is 2. The van der Waals surface area contributed by atoms with Gasteiger partial charge in [-0.15, -0.1) is 0 Å². The lowest BCUT2D eigenvalue weighted by molar-refractivity contribution is -0.129. The summed E-state index contributed by atoms with van der Waals surface area (Å²) >= 11 is 0. The molecule has 1 aromatic carbocycles. The monoisotopic (exact) mass is 339 g/mol. The molecule has 126 valence electrons. The highest BCUT2D eigenvalue weighted by Gasteiger charge is 2.26. The highest BCUT2D eigenvalue weighted by Crippen LogP contribution is 2.21. The highest BCUT2D eigenvalue weighted by atomic mass is 32.2. The molecule has 1 heterocycles. The first-order chi connectivity index (χ1) is 10.7. The van der Waals surface area contributed by atoms with E-state index in [1.54, 1.807) is 23.1 Å². The van der Waals surface area contributed by atoms with Crippen molar-refractivity contribution in [2.24, 2.45) is 11.7 Å². The Morgan fingerprint density at radius 1 is 1.39 bits per heavy atom. The van der Waals surface area contributed by atoms with Crippen LogP contribution in [0.1, 0.15) is 22.3 Å². The van der Waals surface area contributed by atoms with Crippen LogP contribution in [0.25, 0.3) is 0 Å². The van der Waals surface area contributed by atoms with Gasteiger partial charge < -0.3 is 10.6 Å². The lowest BCUT2D eigenvalue weighted by Crippen LogP contribution is -2.38. The van der Waals surface area contributed by atoms with Crippen LogP contribution in [0.5, 0.6) is 0 Å². The number of rotatable bonds is 6. The Labute approximate surface area is 135 Å². The lowest BCUT2D eigenvalue weighted by atomic mass is 9.97. The first-order valence-corrected chi connectivity index (χ1v) is 9.25. The highest BCUT2D eigenvalue weighted by molar-refractivity contribution is 7.88. The predicted molar refractivity (Wildman–Crippen MR) is 86.2 cm³/mol.